The second-order valence-electron chi connectivity index (χ2n) is 5.47. The summed E-state index contributed by atoms with van der Waals surface area (Å²) >= 11 is 6.00. The number of rotatable bonds is 5. The van der Waals surface area contributed by atoms with E-state index in [0.29, 0.717) is 36.6 Å². The number of nitrogens with one attached hydrogen (secondary N) is 2. The van der Waals surface area contributed by atoms with Crippen molar-refractivity contribution >= 4 is 33.2 Å². The van der Waals surface area contributed by atoms with Crippen molar-refractivity contribution in [2.24, 2.45) is 0 Å². The maximum Gasteiger partial charge on any atom is 0.238 e. The van der Waals surface area contributed by atoms with E-state index >= 15 is 0 Å². The molecule has 6 nitrogen and oxygen atoms in total. The average Bonchev–Trinajstić information content (AvgIpc) is 2.42. The van der Waals surface area contributed by atoms with Gasteiger partial charge in [0, 0.05) is 19.1 Å². The van der Waals surface area contributed by atoms with Gasteiger partial charge in [0.1, 0.15) is 0 Å². The van der Waals surface area contributed by atoms with Gasteiger partial charge in [-0.05, 0) is 25.0 Å². The Hall–Kier alpha value is -1.15. The van der Waals surface area contributed by atoms with Gasteiger partial charge in [0.25, 0.3) is 0 Å². The van der Waals surface area contributed by atoms with E-state index in [0.717, 1.165) is 6.26 Å². The quantitative estimate of drug-likeness (QED) is 0.843. The Balaban J connectivity index is 1.79. The minimum atomic E-state index is -3.17. The number of nitrogens with zero attached hydrogens (tertiary/aromatic N) is 1. The van der Waals surface area contributed by atoms with Crippen LogP contribution in [0.15, 0.2) is 24.3 Å². The van der Waals surface area contributed by atoms with Crippen LogP contribution in [0.25, 0.3) is 0 Å². The lowest BCUT2D eigenvalue weighted by molar-refractivity contribution is -0.117. The Bertz CT molecular complexity index is 628. The SMILES string of the molecule is CS(=O)(=O)NC1CCN(CC(=O)Nc2ccccc2Cl)CC1. The van der Waals surface area contributed by atoms with Crippen molar-refractivity contribution in [1.29, 1.82) is 0 Å². The van der Waals surface area contributed by atoms with Crippen LogP contribution in [-0.4, -0.2) is 51.2 Å². The van der Waals surface area contributed by atoms with Gasteiger partial charge >= 0.3 is 0 Å². The summed E-state index contributed by atoms with van der Waals surface area (Å²) in [5.41, 5.74) is 0.600. The van der Waals surface area contributed by atoms with Gasteiger partial charge < -0.3 is 5.32 Å². The number of para-hydroxylation sites is 1. The van der Waals surface area contributed by atoms with Gasteiger partial charge in [-0.1, -0.05) is 23.7 Å². The first-order chi connectivity index (χ1) is 10.3. The van der Waals surface area contributed by atoms with E-state index in [2.05, 4.69) is 10.0 Å². The zero-order valence-corrected chi connectivity index (χ0v) is 14.0. The third kappa shape index (κ3) is 5.57. The molecule has 0 spiro atoms. The molecule has 122 valence electrons. The lowest BCUT2D eigenvalue weighted by Gasteiger charge is -2.31. The molecular weight excluding hydrogens is 326 g/mol. The summed E-state index contributed by atoms with van der Waals surface area (Å²) in [4.78, 5) is 14.0. The largest absolute Gasteiger partial charge is 0.324 e. The second-order valence-corrected chi connectivity index (χ2v) is 7.66. The topological polar surface area (TPSA) is 78.5 Å². The predicted molar refractivity (Wildman–Crippen MR) is 87.5 cm³/mol. The maximum absolute atomic E-state index is 12.0. The molecule has 2 rings (SSSR count). The van der Waals surface area contributed by atoms with Gasteiger partial charge in [-0.15, -0.1) is 0 Å². The third-order valence-corrected chi connectivity index (χ3v) is 4.57. The molecule has 0 aromatic heterocycles. The fraction of sp³-hybridized carbons (Fsp3) is 0.500. The van der Waals surface area contributed by atoms with E-state index in [4.69, 9.17) is 11.6 Å². The van der Waals surface area contributed by atoms with E-state index in [-0.39, 0.29) is 18.5 Å². The Morgan fingerprint density at radius 3 is 2.55 bits per heavy atom. The number of halogens is 1. The van der Waals surface area contributed by atoms with Crippen LogP contribution in [0.4, 0.5) is 5.69 Å². The van der Waals surface area contributed by atoms with Crippen molar-refractivity contribution in [2.75, 3.05) is 31.2 Å². The molecule has 1 aliphatic rings. The summed E-state index contributed by atoms with van der Waals surface area (Å²) in [6.45, 7) is 1.64. The van der Waals surface area contributed by atoms with Gasteiger partial charge in [-0.3, -0.25) is 9.69 Å². The molecule has 0 unspecified atom stereocenters. The van der Waals surface area contributed by atoms with Gasteiger partial charge in [0.05, 0.1) is 23.5 Å². The van der Waals surface area contributed by atoms with Gasteiger partial charge in [-0.25, -0.2) is 13.1 Å². The smallest absolute Gasteiger partial charge is 0.238 e. The fourth-order valence-electron chi connectivity index (χ4n) is 2.47. The molecular formula is C14H20ClN3O3S. The Morgan fingerprint density at radius 2 is 1.95 bits per heavy atom. The number of anilines is 1. The number of piperidine rings is 1. The molecule has 1 aromatic rings. The lowest BCUT2D eigenvalue weighted by atomic mass is 10.1. The second kappa shape index (κ2) is 7.41. The van der Waals surface area contributed by atoms with E-state index in [1.165, 1.54) is 0 Å². The molecule has 1 saturated heterocycles. The van der Waals surface area contributed by atoms with Crippen molar-refractivity contribution in [3.05, 3.63) is 29.3 Å². The monoisotopic (exact) mass is 345 g/mol. The Labute approximate surface area is 135 Å². The minimum Gasteiger partial charge on any atom is -0.324 e. The summed E-state index contributed by atoms with van der Waals surface area (Å²) in [7, 11) is -3.17. The Kier molecular flexibility index (Phi) is 5.80. The molecule has 2 N–H and O–H groups in total. The number of likely N-dealkylation sites (tertiary alicyclic amines) is 1. The predicted octanol–water partition coefficient (Wildman–Crippen LogP) is 1.29. The molecule has 1 fully saturated rings. The summed E-state index contributed by atoms with van der Waals surface area (Å²) in [6.07, 6.45) is 2.56. The highest BCUT2D eigenvalue weighted by atomic mass is 35.5. The maximum atomic E-state index is 12.0. The summed E-state index contributed by atoms with van der Waals surface area (Å²) in [6, 6.07) is 7.04. The number of carbonyl (C=O) groups is 1. The number of hydrogen-bond donors (Lipinski definition) is 2. The first-order valence-electron chi connectivity index (χ1n) is 7.07. The van der Waals surface area contributed by atoms with Crippen molar-refractivity contribution in [3.63, 3.8) is 0 Å². The molecule has 1 amide bonds. The molecule has 1 aromatic carbocycles. The first-order valence-corrected chi connectivity index (χ1v) is 9.34. The number of benzene rings is 1. The van der Waals surface area contributed by atoms with Crippen molar-refractivity contribution in [1.82, 2.24) is 9.62 Å². The van der Waals surface area contributed by atoms with Crippen molar-refractivity contribution in [3.8, 4) is 0 Å². The van der Waals surface area contributed by atoms with E-state index in [1.807, 2.05) is 11.0 Å². The normalized spacial score (nSPS) is 17.4. The molecule has 0 saturated carbocycles. The van der Waals surface area contributed by atoms with Crippen LogP contribution in [0.3, 0.4) is 0 Å². The zero-order chi connectivity index (χ0) is 16.2. The first kappa shape index (κ1) is 17.2. The standard InChI is InChI=1S/C14H20ClN3O3S/c1-22(20,21)17-11-6-8-18(9-7-11)10-14(19)16-13-5-3-2-4-12(13)15/h2-5,11,17H,6-10H2,1H3,(H,16,19). The molecule has 8 heteroatoms. The van der Waals surface area contributed by atoms with Crippen LogP contribution in [0.5, 0.6) is 0 Å². The number of hydrogen-bond acceptors (Lipinski definition) is 4. The number of amides is 1. The zero-order valence-electron chi connectivity index (χ0n) is 12.4. The molecule has 1 aliphatic heterocycles. The third-order valence-electron chi connectivity index (χ3n) is 3.48. The Morgan fingerprint density at radius 1 is 1.32 bits per heavy atom. The van der Waals surface area contributed by atoms with Gasteiger partial charge in [-0.2, -0.15) is 0 Å². The van der Waals surface area contributed by atoms with Gasteiger partial charge in [0.15, 0.2) is 0 Å². The molecule has 1 heterocycles. The molecule has 0 bridgehead atoms. The molecule has 0 aliphatic carbocycles. The minimum absolute atomic E-state index is 0.0436. The van der Waals surface area contributed by atoms with E-state index < -0.39 is 10.0 Å². The lowest BCUT2D eigenvalue weighted by Crippen LogP contribution is -2.46. The highest BCUT2D eigenvalue weighted by Gasteiger charge is 2.22. The van der Waals surface area contributed by atoms with Crippen LogP contribution in [0.2, 0.25) is 5.02 Å². The number of sulfonamides is 1. The van der Waals surface area contributed by atoms with Crippen molar-refractivity contribution < 1.29 is 13.2 Å². The summed E-state index contributed by atoms with van der Waals surface area (Å²) < 4.78 is 25.0. The van der Waals surface area contributed by atoms with Crippen LogP contribution in [0.1, 0.15) is 12.8 Å². The molecule has 22 heavy (non-hydrogen) atoms. The summed E-state index contributed by atoms with van der Waals surface area (Å²) in [5, 5.41) is 3.29. The van der Waals surface area contributed by atoms with E-state index in [1.54, 1.807) is 18.2 Å². The highest BCUT2D eigenvalue weighted by molar-refractivity contribution is 7.88. The average molecular weight is 346 g/mol. The summed E-state index contributed by atoms with van der Waals surface area (Å²) in [5.74, 6) is -0.123. The van der Waals surface area contributed by atoms with E-state index in [9.17, 15) is 13.2 Å². The fourth-order valence-corrected chi connectivity index (χ4v) is 3.49. The number of carbonyl (C=O) groups excluding carboxylic acids is 1. The van der Waals surface area contributed by atoms with Crippen LogP contribution < -0.4 is 10.0 Å². The molecule has 0 atom stereocenters. The van der Waals surface area contributed by atoms with Crippen LogP contribution >= 0.6 is 11.6 Å². The van der Waals surface area contributed by atoms with Gasteiger partial charge in [0.2, 0.25) is 15.9 Å². The molecule has 0 radical (unpaired) electrons. The van der Waals surface area contributed by atoms with Crippen LogP contribution in [-0.2, 0) is 14.8 Å². The highest BCUT2D eigenvalue weighted by Crippen LogP contribution is 2.20. The van der Waals surface area contributed by atoms with Crippen LogP contribution in [0, 0.1) is 0 Å². The van der Waals surface area contributed by atoms with Crippen molar-refractivity contribution in [2.45, 2.75) is 18.9 Å².